The molecule has 0 unspecified atom stereocenters. The number of hydrogen-bond donors (Lipinski definition) is 1. The van der Waals surface area contributed by atoms with Crippen LogP contribution in [-0.4, -0.2) is 61.0 Å². The average Bonchev–Trinajstić information content (AvgIpc) is 2.41. The van der Waals surface area contributed by atoms with E-state index in [-0.39, 0.29) is 11.4 Å². The summed E-state index contributed by atoms with van der Waals surface area (Å²) in [5, 5.41) is 2.95. The van der Waals surface area contributed by atoms with Gasteiger partial charge < -0.3 is 15.1 Å². The van der Waals surface area contributed by atoms with Crippen LogP contribution in [0.5, 0.6) is 0 Å². The van der Waals surface area contributed by atoms with E-state index in [1.807, 2.05) is 31.1 Å². The second-order valence-corrected chi connectivity index (χ2v) is 5.82. The van der Waals surface area contributed by atoms with Gasteiger partial charge in [-0.15, -0.1) is 0 Å². The van der Waals surface area contributed by atoms with Gasteiger partial charge in [-0.1, -0.05) is 0 Å². The van der Waals surface area contributed by atoms with E-state index in [9.17, 15) is 4.79 Å². The largest absolute Gasteiger partial charge is 0.373 e. The zero-order chi connectivity index (χ0) is 14.8. The number of aromatic nitrogens is 1. The standard InChI is InChI=1S/C15H24N4O/c1-16-13-7-6-12(10-17-13)14(20)19(4)11-15(18(2)3)8-5-9-15/h6-7,10H,5,8-9,11H2,1-4H3,(H,16,17). The minimum Gasteiger partial charge on any atom is -0.373 e. The lowest BCUT2D eigenvalue weighted by Crippen LogP contribution is -2.57. The molecule has 1 amide bonds. The highest BCUT2D eigenvalue weighted by Crippen LogP contribution is 2.36. The molecular formula is C15H24N4O. The van der Waals surface area contributed by atoms with Crippen LogP contribution < -0.4 is 5.32 Å². The van der Waals surface area contributed by atoms with E-state index < -0.39 is 0 Å². The molecule has 1 saturated carbocycles. The Morgan fingerprint density at radius 3 is 2.45 bits per heavy atom. The highest BCUT2D eigenvalue weighted by atomic mass is 16.2. The Labute approximate surface area is 121 Å². The smallest absolute Gasteiger partial charge is 0.255 e. The van der Waals surface area contributed by atoms with Gasteiger partial charge in [0.1, 0.15) is 5.82 Å². The average molecular weight is 276 g/mol. The number of hydrogen-bond acceptors (Lipinski definition) is 4. The number of amides is 1. The molecule has 0 aromatic carbocycles. The maximum Gasteiger partial charge on any atom is 0.255 e. The molecule has 1 aromatic heterocycles. The van der Waals surface area contributed by atoms with Gasteiger partial charge in [-0.25, -0.2) is 4.98 Å². The van der Waals surface area contributed by atoms with E-state index in [4.69, 9.17) is 0 Å². The maximum absolute atomic E-state index is 12.4. The first-order valence-corrected chi connectivity index (χ1v) is 7.05. The van der Waals surface area contributed by atoms with Crippen molar-refractivity contribution in [3.8, 4) is 0 Å². The van der Waals surface area contributed by atoms with Gasteiger partial charge in [-0.2, -0.15) is 0 Å². The first-order valence-electron chi connectivity index (χ1n) is 7.05. The quantitative estimate of drug-likeness (QED) is 0.889. The maximum atomic E-state index is 12.4. The number of likely N-dealkylation sites (N-methyl/N-ethyl adjacent to an activating group) is 2. The van der Waals surface area contributed by atoms with Gasteiger partial charge in [0.15, 0.2) is 0 Å². The minimum absolute atomic E-state index is 0.0354. The van der Waals surface area contributed by atoms with Crippen molar-refractivity contribution in [1.29, 1.82) is 0 Å². The predicted molar refractivity (Wildman–Crippen MR) is 81.0 cm³/mol. The molecule has 20 heavy (non-hydrogen) atoms. The van der Waals surface area contributed by atoms with E-state index in [2.05, 4.69) is 29.3 Å². The van der Waals surface area contributed by atoms with Gasteiger partial charge >= 0.3 is 0 Å². The Bertz CT molecular complexity index is 465. The fourth-order valence-corrected chi connectivity index (χ4v) is 2.73. The topological polar surface area (TPSA) is 48.5 Å². The van der Waals surface area contributed by atoms with Crippen molar-refractivity contribution in [2.24, 2.45) is 0 Å². The minimum atomic E-state index is 0.0354. The van der Waals surface area contributed by atoms with Gasteiger partial charge in [0.05, 0.1) is 5.56 Å². The second kappa shape index (κ2) is 5.79. The lowest BCUT2D eigenvalue weighted by molar-refractivity contribution is 0.0252. The van der Waals surface area contributed by atoms with Crippen LogP contribution in [0.15, 0.2) is 18.3 Å². The number of carbonyl (C=O) groups excluding carboxylic acids is 1. The molecule has 5 nitrogen and oxygen atoms in total. The van der Waals surface area contributed by atoms with Crippen molar-refractivity contribution in [1.82, 2.24) is 14.8 Å². The molecule has 0 bridgehead atoms. The van der Waals surface area contributed by atoms with Crippen LogP contribution >= 0.6 is 0 Å². The molecule has 1 aromatic rings. The van der Waals surface area contributed by atoms with Crippen LogP contribution in [0, 0.1) is 0 Å². The third-order valence-electron chi connectivity index (χ3n) is 4.38. The number of nitrogens with zero attached hydrogens (tertiary/aromatic N) is 3. The Kier molecular flexibility index (Phi) is 4.28. The number of anilines is 1. The molecule has 5 heteroatoms. The van der Waals surface area contributed by atoms with E-state index in [0.717, 1.165) is 25.2 Å². The van der Waals surface area contributed by atoms with Crippen molar-refractivity contribution >= 4 is 11.7 Å². The van der Waals surface area contributed by atoms with Crippen LogP contribution in [0.1, 0.15) is 29.6 Å². The molecular weight excluding hydrogens is 252 g/mol. The summed E-state index contributed by atoms with van der Waals surface area (Å²) in [7, 11) is 7.88. The Hall–Kier alpha value is -1.62. The molecule has 1 fully saturated rings. The van der Waals surface area contributed by atoms with Crippen molar-refractivity contribution in [2.75, 3.05) is 40.1 Å². The monoisotopic (exact) mass is 276 g/mol. The summed E-state index contributed by atoms with van der Waals surface area (Å²) < 4.78 is 0. The highest BCUT2D eigenvalue weighted by molar-refractivity contribution is 5.94. The van der Waals surface area contributed by atoms with Crippen molar-refractivity contribution < 1.29 is 4.79 Å². The first-order chi connectivity index (χ1) is 9.48. The predicted octanol–water partition coefficient (Wildman–Crippen LogP) is 1.68. The van der Waals surface area contributed by atoms with Crippen LogP contribution in [0.25, 0.3) is 0 Å². The van der Waals surface area contributed by atoms with Crippen LogP contribution in [0.4, 0.5) is 5.82 Å². The van der Waals surface area contributed by atoms with E-state index >= 15 is 0 Å². The molecule has 0 aliphatic heterocycles. The molecule has 0 saturated heterocycles. The van der Waals surface area contributed by atoms with Gasteiger partial charge in [0.25, 0.3) is 5.91 Å². The fraction of sp³-hybridized carbons (Fsp3) is 0.600. The van der Waals surface area contributed by atoms with Gasteiger partial charge in [0, 0.05) is 32.4 Å². The summed E-state index contributed by atoms with van der Waals surface area (Å²) in [4.78, 5) is 20.7. The molecule has 1 heterocycles. The number of pyridine rings is 1. The van der Waals surface area contributed by atoms with Crippen LogP contribution in [0.3, 0.4) is 0 Å². The lowest BCUT2D eigenvalue weighted by Gasteiger charge is -2.49. The third-order valence-corrected chi connectivity index (χ3v) is 4.38. The van der Waals surface area contributed by atoms with E-state index in [1.165, 1.54) is 6.42 Å². The Balaban J connectivity index is 2.04. The highest BCUT2D eigenvalue weighted by Gasteiger charge is 2.40. The molecule has 2 rings (SSSR count). The molecule has 1 N–H and O–H groups in total. The summed E-state index contributed by atoms with van der Waals surface area (Å²) in [6.07, 6.45) is 5.20. The van der Waals surface area contributed by atoms with Crippen molar-refractivity contribution in [3.63, 3.8) is 0 Å². The molecule has 110 valence electrons. The van der Waals surface area contributed by atoms with E-state index in [0.29, 0.717) is 5.56 Å². The molecule has 0 atom stereocenters. The molecule has 0 radical (unpaired) electrons. The van der Waals surface area contributed by atoms with Gasteiger partial charge in [0.2, 0.25) is 0 Å². The van der Waals surface area contributed by atoms with E-state index in [1.54, 1.807) is 6.20 Å². The van der Waals surface area contributed by atoms with Gasteiger partial charge in [-0.3, -0.25) is 4.79 Å². The molecule has 1 aliphatic carbocycles. The van der Waals surface area contributed by atoms with Gasteiger partial charge in [-0.05, 0) is 45.5 Å². The Morgan fingerprint density at radius 2 is 2.05 bits per heavy atom. The summed E-state index contributed by atoms with van der Waals surface area (Å²) >= 11 is 0. The van der Waals surface area contributed by atoms with Crippen molar-refractivity contribution in [3.05, 3.63) is 23.9 Å². The molecule has 1 aliphatic rings. The van der Waals surface area contributed by atoms with Crippen molar-refractivity contribution in [2.45, 2.75) is 24.8 Å². The number of rotatable bonds is 5. The number of carbonyl (C=O) groups is 1. The van der Waals surface area contributed by atoms with Crippen LogP contribution in [0.2, 0.25) is 0 Å². The zero-order valence-electron chi connectivity index (χ0n) is 12.8. The summed E-state index contributed by atoms with van der Waals surface area (Å²) in [5.41, 5.74) is 0.794. The number of nitrogens with one attached hydrogen (secondary N) is 1. The summed E-state index contributed by atoms with van der Waals surface area (Å²) in [6, 6.07) is 3.65. The molecule has 0 spiro atoms. The SMILES string of the molecule is CNc1ccc(C(=O)N(C)CC2(N(C)C)CCC2)cn1. The lowest BCUT2D eigenvalue weighted by atomic mass is 9.75. The first kappa shape index (κ1) is 14.8. The normalized spacial score (nSPS) is 16.6. The zero-order valence-corrected chi connectivity index (χ0v) is 12.8. The summed E-state index contributed by atoms with van der Waals surface area (Å²) in [5.74, 6) is 0.807. The fourth-order valence-electron chi connectivity index (χ4n) is 2.73. The Morgan fingerprint density at radius 1 is 1.35 bits per heavy atom. The summed E-state index contributed by atoms with van der Waals surface area (Å²) in [6.45, 7) is 0.770. The van der Waals surface area contributed by atoms with Crippen LogP contribution in [-0.2, 0) is 0 Å². The second-order valence-electron chi connectivity index (χ2n) is 5.82. The third kappa shape index (κ3) is 2.77.